The van der Waals surface area contributed by atoms with Crippen molar-refractivity contribution in [3.8, 4) is 11.5 Å². The number of aliphatic hydroxyl groups is 1. The first-order valence-electron chi connectivity index (χ1n) is 11.2. The van der Waals surface area contributed by atoms with E-state index in [2.05, 4.69) is 66.7 Å². The van der Waals surface area contributed by atoms with Gasteiger partial charge in [-0.25, -0.2) is 0 Å². The van der Waals surface area contributed by atoms with Gasteiger partial charge in [-0.15, -0.1) is 0 Å². The fourth-order valence-corrected chi connectivity index (χ4v) is 3.88. The van der Waals surface area contributed by atoms with E-state index in [1.807, 2.05) is 30.3 Å². The molecule has 1 aliphatic heterocycles. The molecule has 0 aliphatic carbocycles. The molecule has 0 saturated heterocycles. The molecule has 2 N–H and O–H groups in total. The van der Waals surface area contributed by atoms with E-state index in [-0.39, 0.29) is 12.7 Å². The third kappa shape index (κ3) is 5.81. The van der Waals surface area contributed by atoms with Gasteiger partial charge in [0, 0.05) is 31.5 Å². The molecule has 168 valence electrons. The summed E-state index contributed by atoms with van der Waals surface area (Å²) in [5.41, 5.74) is 4.84. The molecule has 1 heterocycles. The van der Waals surface area contributed by atoms with Crippen molar-refractivity contribution in [2.45, 2.75) is 32.0 Å². The third-order valence-electron chi connectivity index (χ3n) is 5.82. The van der Waals surface area contributed by atoms with Gasteiger partial charge in [-0.05, 0) is 67.8 Å². The van der Waals surface area contributed by atoms with Crippen molar-refractivity contribution in [2.75, 3.05) is 31.6 Å². The number of para-hydroxylation sites is 1. The van der Waals surface area contributed by atoms with Gasteiger partial charge < -0.3 is 24.8 Å². The number of ether oxygens (including phenoxy) is 2. The summed E-state index contributed by atoms with van der Waals surface area (Å²) in [6.45, 7) is 3.54. The van der Waals surface area contributed by atoms with E-state index < -0.39 is 6.10 Å². The Labute approximate surface area is 190 Å². The second-order valence-corrected chi connectivity index (χ2v) is 8.40. The van der Waals surface area contributed by atoms with Crippen molar-refractivity contribution in [2.24, 2.45) is 0 Å². The van der Waals surface area contributed by atoms with Crippen LogP contribution in [-0.2, 0) is 6.42 Å². The van der Waals surface area contributed by atoms with Gasteiger partial charge in [0.2, 0.25) is 0 Å². The summed E-state index contributed by atoms with van der Waals surface area (Å²) < 4.78 is 11.8. The van der Waals surface area contributed by atoms with Crippen molar-refractivity contribution < 1.29 is 14.6 Å². The number of nitrogens with one attached hydrogen (secondary N) is 1. The number of benzene rings is 3. The van der Waals surface area contributed by atoms with Gasteiger partial charge in [0.25, 0.3) is 0 Å². The van der Waals surface area contributed by atoms with Crippen LogP contribution in [0.3, 0.4) is 0 Å². The first-order chi connectivity index (χ1) is 15.6. The van der Waals surface area contributed by atoms with E-state index in [1.54, 1.807) is 0 Å². The molecule has 5 heteroatoms. The van der Waals surface area contributed by atoms with Gasteiger partial charge in [-0.2, -0.15) is 0 Å². The summed E-state index contributed by atoms with van der Waals surface area (Å²) in [4.78, 5) is 2.20. The molecule has 0 spiro atoms. The van der Waals surface area contributed by atoms with Crippen LogP contribution in [0, 0.1) is 6.92 Å². The van der Waals surface area contributed by atoms with Crippen molar-refractivity contribution >= 4 is 11.4 Å². The molecule has 0 aromatic heterocycles. The predicted molar refractivity (Wildman–Crippen MR) is 129 cm³/mol. The first-order valence-corrected chi connectivity index (χ1v) is 11.2. The molecule has 1 aliphatic rings. The van der Waals surface area contributed by atoms with Crippen LogP contribution in [0.5, 0.6) is 11.5 Å². The molecule has 2 atom stereocenters. The van der Waals surface area contributed by atoms with Crippen LogP contribution < -0.4 is 19.7 Å². The second-order valence-electron chi connectivity index (χ2n) is 8.40. The highest BCUT2D eigenvalue weighted by molar-refractivity contribution is 5.64. The zero-order valence-electron chi connectivity index (χ0n) is 18.8. The maximum atomic E-state index is 10.2. The highest BCUT2D eigenvalue weighted by Crippen LogP contribution is 2.33. The lowest BCUT2D eigenvalue weighted by Gasteiger charge is -2.28. The van der Waals surface area contributed by atoms with E-state index in [1.165, 1.54) is 16.8 Å². The Bertz CT molecular complexity index is 992. The summed E-state index contributed by atoms with van der Waals surface area (Å²) >= 11 is 0. The number of fused-ring (bicyclic) bond motifs is 1. The molecular formula is C27H32N2O3. The highest BCUT2D eigenvalue weighted by atomic mass is 16.5. The molecule has 2 unspecified atom stereocenters. The lowest BCUT2D eigenvalue weighted by molar-refractivity contribution is 0.0998. The lowest BCUT2D eigenvalue weighted by atomic mass is 10.0. The zero-order valence-corrected chi connectivity index (χ0v) is 18.8. The highest BCUT2D eigenvalue weighted by Gasteiger charge is 2.21. The number of hydrogen-bond donors (Lipinski definition) is 2. The average molecular weight is 433 g/mol. The normalized spacial score (nSPS) is 16.0. The molecule has 0 radical (unpaired) electrons. The van der Waals surface area contributed by atoms with Crippen LogP contribution in [0.2, 0.25) is 0 Å². The van der Waals surface area contributed by atoms with Gasteiger partial charge in [0.15, 0.2) is 0 Å². The molecule has 0 bridgehead atoms. The number of aliphatic hydroxyl groups excluding tert-OH is 1. The Morgan fingerprint density at radius 2 is 1.81 bits per heavy atom. The summed E-state index contributed by atoms with van der Waals surface area (Å²) in [7, 11) is 2.09. The minimum atomic E-state index is -0.564. The van der Waals surface area contributed by atoms with Crippen LogP contribution in [0.1, 0.15) is 17.5 Å². The van der Waals surface area contributed by atoms with E-state index in [0.29, 0.717) is 13.1 Å². The number of hydrogen-bond acceptors (Lipinski definition) is 5. The molecule has 0 fully saturated rings. The number of aryl methyl sites for hydroxylation is 2. The van der Waals surface area contributed by atoms with Gasteiger partial charge in [-0.3, -0.25) is 0 Å². The Kier molecular flexibility index (Phi) is 7.30. The van der Waals surface area contributed by atoms with Gasteiger partial charge in [-0.1, -0.05) is 35.9 Å². The van der Waals surface area contributed by atoms with Gasteiger partial charge in [0.1, 0.15) is 30.3 Å². The number of nitrogens with zero attached hydrogens (tertiary/aromatic N) is 1. The zero-order chi connectivity index (χ0) is 22.3. The Morgan fingerprint density at radius 1 is 1.06 bits per heavy atom. The SMILES string of the molecule is Cc1ccc(N(C)c2ccc3c(c2)CCC(CNCC(O)COc2ccccc2)O3)cc1. The summed E-state index contributed by atoms with van der Waals surface area (Å²) in [6.07, 6.45) is 1.47. The van der Waals surface area contributed by atoms with Crippen LogP contribution in [0.15, 0.2) is 72.8 Å². The maximum absolute atomic E-state index is 10.2. The molecular weight excluding hydrogens is 400 g/mol. The van der Waals surface area contributed by atoms with E-state index in [9.17, 15) is 5.11 Å². The predicted octanol–water partition coefficient (Wildman–Crippen LogP) is 4.49. The molecule has 5 nitrogen and oxygen atoms in total. The van der Waals surface area contributed by atoms with Crippen molar-refractivity contribution in [3.05, 3.63) is 83.9 Å². The van der Waals surface area contributed by atoms with E-state index in [4.69, 9.17) is 9.47 Å². The van der Waals surface area contributed by atoms with Crippen molar-refractivity contribution in [3.63, 3.8) is 0 Å². The largest absolute Gasteiger partial charge is 0.491 e. The topological polar surface area (TPSA) is 54.0 Å². The van der Waals surface area contributed by atoms with E-state index in [0.717, 1.165) is 30.0 Å². The Hall–Kier alpha value is -3.02. The fourth-order valence-electron chi connectivity index (χ4n) is 3.88. The van der Waals surface area contributed by atoms with Gasteiger partial charge >= 0.3 is 0 Å². The number of rotatable bonds is 9. The monoisotopic (exact) mass is 432 g/mol. The molecule has 3 aromatic carbocycles. The molecule has 32 heavy (non-hydrogen) atoms. The number of anilines is 2. The average Bonchev–Trinajstić information content (AvgIpc) is 2.83. The molecule has 3 aromatic rings. The Morgan fingerprint density at radius 3 is 2.59 bits per heavy atom. The van der Waals surface area contributed by atoms with Crippen LogP contribution >= 0.6 is 0 Å². The molecule has 0 saturated carbocycles. The van der Waals surface area contributed by atoms with Crippen molar-refractivity contribution in [1.82, 2.24) is 5.32 Å². The summed E-state index contributed by atoms with van der Waals surface area (Å²) in [6, 6.07) is 24.5. The minimum absolute atomic E-state index is 0.102. The third-order valence-corrected chi connectivity index (χ3v) is 5.82. The quantitative estimate of drug-likeness (QED) is 0.522. The van der Waals surface area contributed by atoms with Crippen molar-refractivity contribution in [1.29, 1.82) is 0 Å². The summed E-state index contributed by atoms with van der Waals surface area (Å²) in [5.74, 6) is 1.73. The van der Waals surface area contributed by atoms with Gasteiger partial charge in [0.05, 0.1) is 0 Å². The van der Waals surface area contributed by atoms with Crippen LogP contribution in [-0.4, -0.2) is 44.1 Å². The fraction of sp³-hybridized carbons (Fsp3) is 0.333. The Balaban J connectivity index is 1.24. The molecule has 0 amide bonds. The van der Waals surface area contributed by atoms with Crippen LogP contribution in [0.4, 0.5) is 11.4 Å². The van der Waals surface area contributed by atoms with Crippen LogP contribution in [0.25, 0.3) is 0 Å². The summed E-state index contributed by atoms with van der Waals surface area (Å²) in [5, 5.41) is 13.5. The lowest BCUT2D eigenvalue weighted by Crippen LogP contribution is -2.39. The molecule has 4 rings (SSSR count). The van der Waals surface area contributed by atoms with E-state index >= 15 is 0 Å². The first kappa shape index (κ1) is 22.2. The maximum Gasteiger partial charge on any atom is 0.123 e. The smallest absolute Gasteiger partial charge is 0.123 e. The standard InChI is InChI=1S/C27H32N2O3/c1-20-8-11-22(12-9-20)29(2)23-13-15-27-21(16-23)10-14-26(32-27)18-28-17-24(30)19-31-25-6-4-3-5-7-25/h3-9,11-13,15-16,24,26,28,30H,10,14,17-19H2,1-2H3. The minimum Gasteiger partial charge on any atom is -0.491 e. The second kappa shape index (κ2) is 10.5.